The first-order valence-corrected chi connectivity index (χ1v) is 11.5. The second-order valence-corrected chi connectivity index (χ2v) is 9.28. The smallest absolute Gasteiger partial charge is 0.262 e. The molecule has 0 saturated carbocycles. The Labute approximate surface area is 191 Å². The van der Waals surface area contributed by atoms with Crippen LogP contribution in [0.1, 0.15) is 11.1 Å². The quantitative estimate of drug-likeness (QED) is 0.486. The SMILES string of the molecule is Cc1cc(S(=O)(=O)NCc2ccccc2)ccc1OCC(=O)Nc1ccc(Cl)c(Cl)c1. The third-order valence-corrected chi connectivity index (χ3v) is 6.47. The molecule has 3 rings (SSSR count). The van der Waals surface area contributed by atoms with Crippen LogP contribution in [0.5, 0.6) is 5.75 Å². The maximum Gasteiger partial charge on any atom is 0.262 e. The maximum absolute atomic E-state index is 12.6. The summed E-state index contributed by atoms with van der Waals surface area (Å²) in [6.07, 6.45) is 0. The third kappa shape index (κ3) is 6.45. The number of sulfonamides is 1. The highest BCUT2D eigenvalue weighted by atomic mass is 35.5. The average molecular weight is 479 g/mol. The summed E-state index contributed by atoms with van der Waals surface area (Å²) >= 11 is 11.8. The Morgan fingerprint density at radius 2 is 1.71 bits per heavy atom. The van der Waals surface area contributed by atoms with Crippen molar-refractivity contribution >= 4 is 44.8 Å². The molecule has 0 aliphatic rings. The van der Waals surface area contributed by atoms with Crippen LogP contribution >= 0.6 is 23.2 Å². The van der Waals surface area contributed by atoms with E-state index in [-0.39, 0.29) is 24.0 Å². The van der Waals surface area contributed by atoms with Crippen LogP contribution in [0.25, 0.3) is 0 Å². The molecule has 0 aliphatic heterocycles. The molecule has 0 aliphatic carbocycles. The fraction of sp³-hybridized carbons (Fsp3) is 0.136. The molecule has 0 fully saturated rings. The summed E-state index contributed by atoms with van der Waals surface area (Å²) in [6.45, 7) is 1.65. The first-order chi connectivity index (χ1) is 14.7. The Kier molecular flexibility index (Phi) is 7.56. The molecule has 0 saturated heterocycles. The van der Waals surface area contributed by atoms with E-state index in [9.17, 15) is 13.2 Å². The van der Waals surface area contributed by atoms with E-state index in [1.165, 1.54) is 24.3 Å². The van der Waals surface area contributed by atoms with Crippen LogP contribution in [-0.4, -0.2) is 20.9 Å². The molecule has 3 aromatic rings. The number of benzene rings is 3. The van der Waals surface area contributed by atoms with Gasteiger partial charge in [0.2, 0.25) is 10.0 Å². The third-order valence-electron chi connectivity index (χ3n) is 4.33. The molecule has 0 aromatic heterocycles. The first-order valence-electron chi connectivity index (χ1n) is 9.26. The van der Waals surface area contributed by atoms with Gasteiger partial charge in [-0.2, -0.15) is 0 Å². The van der Waals surface area contributed by atoms with Crippen molar-refractivity contribution in [2.75, 3.05) is 11.9 Å². The highest BCUT2D eigenvalue weighted by molar-refractivity contribution is 7.89. The number of carbonyl (C=O) groups is 1. The standard InChI is InChI=1S/C22H20Cl2N2O4S/c1-15-11-18(31(28,29)25-13-16-5-3-2-4-6-16)8-10-21(15)30-14-22(27)26-17-7-9-19(23)20(24)12-17/h2-12,25H,13-14H2,1H3,(H,26,27). The highest BCUT2D eigenvalue weighted by Gasteiger charge is 2.16. The number of carbonyl (C=O) groups excluding carboxylic acids is 1. The van der Waals surface area contributed by atoms with Crippen molar-refractivity contribution < 1.29 is 17.9 Å². The lowest BCUT2D eigenvalue weighted by Gasteiger charge is -2.12. The minimum absolute atomic E-state index is 0.119. The Hall–Kier alpha value is -2.58. The monoisotopic (exact) mass is 478 g/mol. The number of nitrogens with one attached hydrogen (secondary N) is 2. The summed E-state index contributed by atoms with van der Waals surface area (Å²) in [7, 11) is -3.69. The molecule has 31 heavy (non-hydrogen) atoms. The van der Waals surface area contributed by atoms with E-state index < -0.39 is 10.0 Å². The van der Waals surface area contributed by atoms with Gasteiger partial charge in [-0.3, -0.25) is 4.79 Å². The van der Waals surface area contributed by atoms with Gasteiger partial charge >= 0.3 is 0 Å². The summed E-state index contributed by atoms with van der Waals surface area (Å²) in [5, 5.41) is 3.37. The van der Waals surface area contributed by atoms with Crippen LogP contribution < -0.4 is 14.8 Å². The first kappa shape index (κ1) is 23.1. The normalized spacial score (nSPS) is 11.2. The number of rotatable bonds is 8. The van der Waals surface area contributed by atoms with Crippen molar-refractivity contribution in [3.8, 4) is 5.75 Å². The van der Waals surface area contributed by atoms with Crippen LogP contribution in [-0.2, 0) is 21.4 Å². The van der Waals surface area contributed by atoms with Gasteiger partial charge < -0.3 is 10.1 Å². The molecular formula is C22H20Cl2N2O4S. The van der Waals surface area contributed by atoms with E-state index in [1.807, 2.05) is 30.3 Å². The Morgan fingerprint density at radius 3 is 2.39 bits per heavy atom. The van der Waals surface area contributed by atoms with Crippen LogP contribution in [0, 0.1) is 6.92 Å². The fourth-order valence-corrected chi connectivity index (χ4v) is 4.12. The molecule has 1 amide bonds. The number of anilines is 1. The van der Waals surface area contributed by atoms with Gasteiger partial charge in [0.05, 0.1) is 14.9 Å². The number of ether oxygens (including phenoxy) is 1. The van der Waals surface area contributed by atoms with Gasteiger partial charge in [-0.15, -0.1) is 0 Å². The molecule has 3 aromatic carbocycles. The Morgan fingerprint density at radius 1 is 0.968 bits per heavy atom. The summed E-state index contributed by atoms with van der Waals surface area (Å²) in [6, 6.07) is 18.4. The molecule has 6 nitrogen and oxygen atoms in total. The average Bonchev–Trinajstić information content (AvgIpc) is 2.75. The zero-order valence-corrected chi connectivity index (χ0v) is 18.9. The van der Waals surface area contributed by atoms with Crippen molar-refractivity contribution in [2.24, 2.45) is 0 Å². The second kappa shape index (κ2) is 10.2. The van der Waals surface area contributed by atoms with Gasteiger partial charge in [-0.25, -0.2) is 13.1 Å². The van der Waals surface area contributed by atoms with Crippen LogP contribution in [0.4, 0.5) is 5.69 Å². The van der Waals surface area contributed by atoms with Gasteiger partial charge in [0, 0.05) is 12.2 Å². The lowest BCUT2D eigenvalue weighted by atomic mass is 10.2. The van der Waals surface area contributed by atoms with Crippen molar-refractivity contribution in [3.63, 3.8) is 0 Å². The fourth-order valence-electron chi connectivity index (χ4n) is 2.72. The van der Waals surface area contributed by atoms with E-state index in [0.29, 0.717) is 27.0 Å². The summed E-state index contributed by atoms with van der Waals surface area (Å²) in [5.41, 5.74) is 1.94. The van der Waals surface area contributed by atoms with E-state index >= 15 is 0 Å². The van der Waals surface area contributed by atoms with E-state index in [0.717, 1.165) is 5.56 Å². The molecule has 9 heteroatoms. The molecule has 0 spiro atoms. The predicted molar refractivity (Wildman–Crippen MR) is 122 cm³/mol. The molecule has 0 unspecified atom stereocenters. The largest absolute Gasteiger partial charge is 0.483 e. The van der Waals surface area contributed by atoms with Gasteiger partial charge in [0.15, 0.2) is 6.61 Å². The van der Waals surface area contributed by atoms with Crippen molar-refractivity contribution in [1.29, 1.82) is 0 Å². The summed E-state index contributed by atoms with van der Waals surface area (Å²) in [5.74, 6) is 0.0188. The number of amides is 1. The Bertz CT molecular complexity index is 1190. The minimum Gasteiger partial charge on any atom is -0.483 e. The topological polar surface area (TPSA) is 84.5 Å². The molecule has 0 heterocycles. The zero-order valence-electron chi connectivity index (χ0n) is 16.6. The number of hydrogen-bond acceptors (Lipinski definition) is 4. The maximum atomic E-state index is 12.6. The molecule has 2 N–H and O–H groups in total. The van der Waals surface area contributed by atoms with Gasteiger partial charge in [-0.1, -0.05) is 53.5 Å². The summed E-state index contributed by atoms with van der Waals surface area (Å²) in [4.78, 5) is 12.2. The van der Waals surface area contributed by atoms with E-state index in [4.69, 9.17) is 27.9 Å². The van der Waals surface area contributed by atoms with E-state index in [2.05, 4.69) is 10.0 Å². The molecular weight excluding hydrogens is 459 g/mol. The van der Waals surface area contributed by atoms with Crippen LogP contribution in [0.3, 0.4) is 0 Å². The number of hydrogen-bond donors (Lipinski definition) is 2. The zero-order chi connectivity index (χ0) is 22.4. The molecule has 0 bridgehead atoms. The molecule has 0 radical (unpaired) electrons. The van der Waals surface area contributed by atoms with E-state index in [1.54, 1.807) is 19.1 Å². The lowest BCUT2D eigenvalue weighted by molar-refractivity contribution is -0.118. The van der Waals surface area contributed by atoms with Crippen LogP contribution in [0.15, 0.2) is 71.6 Å². The van der Waals surface area contributed by atoms with Gasteiger partial charge in [0.1, 0.15) is 5.75 Å². The van der Waals surface area contributed by atoms with Crippen LogP contribution in [0.2, 0.25) is 10.0 Å². The van der Waals surface area contributed by atoms with Gasteiger partial charge in [0.25, 0.3) is 5.91 Å². The molecule has 162 valence electrons. The van der Waals surface area contributed by atoms with Crippen molar-refractivity contribution in [1.82, 2.24) is 4.72 Å². The highest BCUT2D eigenvalue weighted by Crippen LogP contribution is 2.25. The van der Waals surface area contributed by atoms with Crippen molar-refractivity contribution in [2.45, 2.75) is 18.4 Å². The van der Waals surface area contributed by atoms with Crippen molar-refractivity contribution in [3.05, 3.63) is 87.9 Å². The molecule has 0 atom stereocenters. The minimum atomic E-state index is -3.69. The second-order valence-electron chi connectivity index (χ2n) is 6.70. The number of aryl methyl sites for hydroxylation is 1. The van der Waals surface area contributed by atoms with Gasteiger partial charge in [-0.05, 0) is 54.4 Å². The number of halogens is 2. The lowest BCUT2D eigenvalue weighted by Crippen LogP contribution is -2.23. The summed E-state index contributed by atoms with van der Waals surface area (Å²) < 4.78 is 33.2. The Balaban J connectivity index is 1.59. The predicted octanol–water partition coefficient (Wildman–Crippen LogP) is 4.80.